The molecule has 0 spiro atoms. The highest BCUT2D eigenvalue weighted by molar-refractivity contribution is 8.11. The van der Waals surface area contributed by atoms with Gasteiger partial charge in [-0.1, -0.05) is 29.2 Å². The van der Waals surface area contributed by atoms with Crippen LogP contribution >= 0.6 is 23.1 Å². The lowest BCUT2D eigenvalue weighted by molar-refractivity contribution is 0.310. The fraction of sp³-hybridized carbons (Fsp3) is 0.474. The Bertz CT molecular complexity index is 741. The van der Waals surface area contributed by atoms with E-state index in [1.807, 2.05) is 12.1 Å². The van der Waals surface area contributed by atoms with Gasteiger partial charge in [0.05, 0.1) is 17.0 Å². The number of anilines is 1. The molecule has 2 aromatic rings. The van der Waals surface area contributed by atoms with Gasteiger partial charge in [-0.15, -0.1) is 0 Å². The predicted octanol–water partition coefficient (Wildman–Crippen LogP) is 4.58. The van der Waals surface area contributed by atoms with Crippen molar-refractivity contribution in [1.82, 2.24) is 0 Å². The van der Waals surface area contributed by atoms with Gasteiger partial charge in [-0.2, -0.15) is 0 Å². The first kappa shape index (κ1) is 19.8. The Morgan fingerprint density at radius 2 is 2.00 bits per heavy atom. The number of thioether (sulfide) groups is 1. The molecule has 1 heterocycles. The summed E-state index contributed by atoms with van der Waals surface area (Å²) in [5, 5.41) is 1.01. The monoisotopic (exact) mass is 379 g/mol. The van der Waals surface area contributed by atoms with E-state index in [1.54, 1.807) is 6.07 Å². The van der Waals surface area contributed by atoms with Crippen LogP contribution in [0.15, 0.2) is 29.1 Å². The second-order valence-electron chi connectivity index (χ2n) is 5.63. The molecule has 25 heavy (non-hydrogen) atoms. The number of carbonyl (C=O) groups excluding carboxylic acids is 1. The summed E-state index contributed by atoms with van der Waals surface area (Å²) in [5.41, 5.74) is 1.98. The molecule has 0 radical (unpaired) electrons. The summed E-state index contributed by atoms with van der Waals surface area (Å²) >= 11 is 2.59. The Labute approximate surface area is 157 Å². The maximum absolute atomic E-state index is 12.1. The lowest BCUT2D eigenvalue weighted by atomic mass is 10.2. The standard InChI is InChI=1S/C19H25NO3S2/c1-3-20(4-2)16-10-8-9-15-17(13-18(22)25-19(15)16)23-11-6-5-7-12-24-14-21/h8-10,13-14H,3-7,11-12H2,1-2H3. The van der Waals surface area contributed by atoms with Crippen molar-refractivity contribution in [3.8, 4) is 5.75 Å². The van der Waals surface area contributed by atoms with Crippen LogP contribution in [0.25, 0.3) is 10.1 Å². The second kappa shape index (κ2) is 10.5. The SMILES string of the molecule is CCN(CC)c1cccc2c(OCCCCCSC=O)cc(=O)sc12. The van der Waals surface area contributed by atoms with Crippen molar-refractivity contribution < 1.29 is 9.53 Å². The number of hydrogen-bond donors (Lipinski definition) is 0. The van der Waals surface area contributed by atoms with Crippen LogP contribution in [0.2, 0.25) is 0 Å². The zero-order valence-electron chi connectivity index (χ0n) is 14.8. The van der Waals surface area contributed by atoms with E-state index in [2.05, 4.69) is 24.8 Å². The normalized spacial score (nSPS) is 10.8. The van der Waals surface area contributed by atoms with Crippen molar-refractivity contribution in [1.29, 1.82) is 0 Å². The molecule has 0 fully saturated rings. The maximum Gasteiger partial charge on any atom is 0.236 e. The third-order valence-electron chi connectivity index (χ3n) is 4.05. The zero-order valence-corrected chi connectivity index (χ0v) is 16.5. The van der Waals surface area contributed by atoms with Gasteiger partial charge in [-0.25, -0.2) is 0 Å². The number of benzene rings is 1. The Hall–Kier alpha value is -1.53. The van der Waals surface area contributed by atoms with Crippen LogP contribution in [-0.4, -0.2) is 31.1 Å². The molecular formula is C19H25NO3S2. The van der Waals surface area contributed by atoms with Crippen molar-refractivity contribution in [2.45, 2.75) is 33.1 Å². The van der Waals surface area contributed by atoms with E-state index in [-0.39, 0.29) is 4.74 Å². The van der Waals surface area contributed by atoms with Crippen LogP contribution in [0.4, 0.5) is 5.69 Å². The van der Waals surface area contributed by atoms with E-state index in [0.717, 1.165) is 59.5 Å². The van der Waals surface area contributed by atoms with Crippen LogP contribution in [0, 0.1) is 0 Å². The molecule has 0 aliphatic rings. The summed E-state index contributed by atoms with van der Waals surface area (Å²) in [4.78, 5) is 24.7. The molecule has 0 aliphatic heterocycles. The van der Waals surface area contributed by atoms with Gasteiger partial charge in [0.1, 0.15) is 5.75 Å². The maximum atomic E-state index is 12.1. The molecule has 0 saturated heterocycles. The first-order chi connectivity index (χ1) is 12.2. The number of nitrogens with zero attached hydrogens (tertiary/aromatic N) is 1. The van der Waals surface area contributed by atoms with Crippen molar-refractivity contribution in [3.05, 3.63) is 33.8 Å². The lowest BCUT2D eigenvalue weighted by Crippen LogP contribution is -2.22. The summed E-state index contributed by atoms with van der Waals surface area (Å²) in [7, 11) is 0. The topological polar surface area (TPSA) is 46.6 Å². The molecule has 0 amide bonds. The van der Waals surface area contributed by atoms with Crippen LogP contribution in [0.5, 0.6) is 5.75 Å². The third-order valence-corrected chi connectivity index (χ3v) is 5.66. The molecule has 0 atom stereocenters. The molecule has 1 aromatic heterocycles. The minimum Gasteiger partial charge on any atom is -0.493 e. The van der Waals surface area contributed by atoms with Crippen molar-refractivity contribution in [3.63, 3.8) is 0 Å². The van der Waals surface area contributed by atoms with Crippen LogP contribution in [0.1, 0.15) is 33.1 Å². The minimum absolute atomic E-state index is 0.0180. The Morgan fingerprint density at radius 3 is 2.72 bits per heavy atom. The smallest absolute Gasteiger partial charge is 0.236 e. The fourth-order valence-electron chi connectivity index (χ4n) is 2.77. The van der Waals surface area contributed by atoms with E-state index in [9.17, 15) is 9.59 Å². The van der Waals surface area contributed by atoms with E-state index in [1.165, 1.54) is 23.1 Å². The molecule has 6 heteroatoms. The van der Waals surface area contributed by atoms with Crippen molar-refractivity contribution >= 4 is 44.5 Å². The highest BCUT2D eigenvalue weighted by atomic mass is 32.2. The third kappa shape index (κ3) is 5.47. The predicted molar refractivity (Wildman–Crippen MR) is 110 cm³/mol. The molecule has 0 aliphatic carbocycles. The van der Waals surface area contributed by atoms with Gasteiger partial charge in [-0.05, 0) is 45.2 Å². The lowest BCUT2D eigenvalue weighted by Gasteiger charge is -2.22. The minimum atomic E-state index is 0.0180. The highest BCUT2D eigenvalue weighted by Crippen LogP contribution is 2.34. The molecule has 0 N–H and O–H groups in total. The van der Waals surface area contributed by atoms with Gasteiger partial charge < -0.3 is 9.64 Å². The van der Waals surface area contributed by atoms with Gasteiger partial charge >= 0.3 is 0 Å². The number of rotatable bonds is 11. The number of unbranched alkanes of at least 4 members (excludes halogenated alkanes) is 2. The number of hydrogen-bond acceptors (Lipinski definition) is 6. The zero-order chi connectivity index (χ0) is 18.1. The summed E-state index contributed by atoms with van der Waals surface area (Å²) in [6.07, 6.45) is 2.94. The molecule has 4 nitrogen and oxygen atoms in total. The molecule has 0 unspecified atom stereocenters. The molecular weight excluding hydrogens is 354 g/mol. The molecule has 136 valence electrons. The van der Waals surface area contributed by atoms with Gasteiger partial charge in [0, 0.05) is 30.3 Å². The second-order valence-corrected chi connectivity index (χ2v) is 7.58. The number of carbonyl (C=O) groups is 1. The van der Waals surface area contributed by atoms with Crippen LogP contribution < -0.4 is 14.4 Å². The largest absolute Gasteiger partial charge is 0.493 e. The van der Waals surface area contributed by atoms with Gasteiger partial charge in [0.2, 0.25) is 4.74 Å². The fourth-order valence-corrected chi connectivity index (χ4v) is 4.18. The van der Waals surface area contributed by atoms with E-state index in [4.69, 9.17) is 4.74 Å². The van der Waals surface area contributed by atoms with Gasteiger partial charge in [-0.3, -0.25) is 9.59 Å². The first-order valence-electron chi connectivity index (χ1n) is 8.71. The first-order valence-corrected chi connectivity index (χ1v) is 10.6. The van der Waals surface area contributed by atoms with Gasteiger partial charge in [0.25, 0.3) is 0 Å². The number of fused-ring (bicyclic) bond motifs is 1. The summed E-state index contributed by atoms with van der Waals surface area (Å²) in [6, 6.07) is 7.71. The summed E-state index contributed by atoms with van der Waals surface area (Å²) < 4.78 is 6.93. The van der Waals surface area contributed by atoms with Crippen molar-refractivity contribution in [2.75, 3.05) is 30.3 Å². The van der Waals surface area contributed by atoms with Crippen LogP contribution in [-0.2, 0) is 4.79 Å². The summed E-state index contributed by atoms with van der Waals surface area (Å²) in [5.74, 6) is 1.53. The quantitative estimate of drug-likeness (QED) is 0.422. The molecule has 2 rings (SSSR count). The van der Waals surface area contributed by atoms with Crippen LogP contribution in [0.3, 0.4) is 0 Å². The van der Waals surface area contributed by atoms with E-state index < -0.39 is 0 Å². The molecule has 1 aromatic carbocycles. The van der Waals surface area contributed by atoms with Crippen molar-refractivity contribution in [2.24, 2.45) is 0 Å². The number of ether oxygens (including phenoxy) is 1. The average Bonchev–Trinajstić information content (AvgIpc) is 2.62. The average molecular weight is 380 g/mol. The molecule has 0 saturated carbocycles. The highest BCUT2D eigenvalue weighted by Gasteiger charge is 2.12. The molecule has 0 bridgehead atoms. The summed E-state index contributed by atoms with van der Waals surface area (Å²) in [6.45, 7) is 6.63. The van der Waals surface area contributed by atoms with E-state index in [0.29, 0.717) is 12.4 Å². The van der Waals surface area contributed by atoms with E-state index >= 15 is 0 Å². The Kier molecular flexibility index (Phi) is 8.28. The Morgan fingerprint density at radius 1 is 1.20 bits per heavy atom. The van der Waals surface area contributed by atoms with Gasteiger partial charge in [0.15, 0.2) is 5.62 Å². The Balaban J connectivity index is 2.13.